The topological polar surface area (TPSA) is 52.6 Å². The van der Waals surface area contributed by atoms with Crippen LogP contribution < -0.4 is 0 Å². The second-order valence-corrected chi connectivity index (χ2v) is 4.62. The van der Waals surface area contributed by atoms with Crippen LogP contribution in [0.2, 0.25) is 0 Å². The van der Waals surface area contributed by atoms with Gasteiger partial charge in [-0.3, -0.25) is 4.79 Å². The Kier molecular flexibility index (Phi) is 6.77. The van der Waals surface area contributed by atoms with Crippen LogP contribution in [0.4, 0.5) is 0 Å². The predicted molar refractivity (Wildman–Crippen MR) is 76.4 cm³/mol. The van der Waals surface area contributed by atoms with E-state index in [0.29, 0.717) is 18.6 Å². The van der Waals surface area contributed by atoms with Gasteiger partial charge in [-0.15, -0.1) is 0 Å². The molecule has 20 heavy (non-hydrogen) atoms. The average molecular weight is 278 g/mol. The molecule has 1 aromatic carbocycles. The normalized spacial score (nSPS) is 13.3. The molecule has 110 valence electrons. The molecule has 0 amide bonds. The first-order valence-corrected chi connectivity index (χ1v) is 7.02. The third kappa shape index (κ3) is 4.68. The Labute approximate surface area is 120 Å². The fourth-order valence-corrected chi connectivity index (χ4v) is 2.00. The van der Waals surface area contributed by atoms with Gasteiger partial charge in [-0.25, -0.2) is 4.79 Å². The second-order valence-electron chi connectivity index (χ2n) is 4.62. The summed E-state index contributed by atoms with van der Waals surface area (Å²) in [5, 5.41) is 0. The van der Waals surface area contributed by atoms with E-state index in [1.807, 2.05) is 13.0 Å². The van der Waals surface area contributed by atoms with E-state index in [1.54, 1.807) is 38.1 Å². The van der Waals surface area contributed by atoms with Crippen molar-refractivity contribution >= 4 is 11.9 Å². The van der Waals surface area contributed by atoms with Gasteiger partial charge in [-0.1, -0.05) is 31.5 Å². The Morgan fingerprint density at radius 3 is 2.35 bits per heavy atom. The Morgan fingerprint density at radius 2 is 1.80 bits per heavy atom. The first-order valence-electron chi connectivity index (χ1n) is 7.02. The van der Waals surface area contributed by atoms with Crippen LogP contribution >= 0.6 is 0 Å². The summed E-state index contributed by atoms with van der Waals surface area (Å²) in [5.74, 6) is -1.13. The van der Waals surface area contributed by atoms with E-state index in [4.69, 9.17) is 9.47 Å². The number of carbonyl (C=O) groups is 2. The van der Waals surface area contributed by atoms with Crippen molar-refractivity contribution in [3.05, 3.63) is 35.9 Å². The van der Waals surface area contributed by atoms with E-state index in [9.17, 15) is 9.59 Å². The van der Waals surface area contributed by atoms with Crippen molar-refractivity contribution in [3.63, 3.8) is 0 Å². The molecule has 0 bridgehead atoms. The van der Waals surface area contributed by atoms with Crippen molar-refractivity contribution in [1.82, 2.24) is 0 Å². The molecule has 0 aliphatic carbocycles. The van der Waals surface area contributed by atoms with Crippen molar-refractivity contribution < 1.29 is 19.1 Å². The van der Waals surface area contributed by atoms with Gasteiger partial charge in [0.25, 0.3) is 0 Å². The third-order valence-corrected chi connectivity index (χ3v) is 3.06. The SMILES string of the molecule is CCCC(C(=O)OCC)C(C)OC(=O)c1ccccc1. The maximum atomic E-state index is 12.0. The molecule has 0 aliphatic rings. The van der Waals surface area contributed by atoms with Gasteiger partial charge in [0.15, 0.2) is 0 Å². The lowest BCUT2D eigenvalue weighted by atomic mass is 9.98. The second kappa shape index (κ2) is 8.35. The Morgan fingerprint density at radius 1 is 1.15 bits per heavy atom. The Bertz CT molecular complexity index is 427. The summed E-state index contributed by atoms with van der Waals surface area (Å²) in [5.41, 5.74) is 0.485. The van der Waals surface area contributed by atoms with E-state index in [0.717, 1.165) is 6.42 Å². The molecule has 0 saturated carbocycles. The smallest absolute Gasteiger partial charge is 0.338 e. The van der Waals surface area contributed by atoms with Crippen LogP contribution in [0.25, 0.3) is 0 Å². The molecular formula is C16H22O4. The van der Waals surface area contributed by atoms with Crippen molar-refractivity contribution in [3.8, 4) is 0 Å². The Balaban J connectivity index is 2.68. The summed E-state index contributed by atoms with van der Waals surface area (Å²) in [4.78, 5) is 23.8. The molecule has 0 spiro atoms. The van der Waals surface area contributed by atoms with Gasteiger partial charge in [0.1, 0.15) is 6.10 Å². The quantitative estimate of drug-likeness (QED) is 0.719. The van der Waals surface area contributed by atoms with Gasteiger partial charge >= 0.3 is 11.9 Å². The first-order chi connectivity index (χ1) is 9.60. The number of esters is 2. The van der Waals surface area contributed by atoms with Crippen LogP contribution in [0.1, 0.15) is 44.0 Å². The summed E-state index contributed by atoms with van der Waals surface area (Å²) in [7, 11) is 0. The van der Waals surface area contributed by atoms with Crippen molar-refractivity contribution in [2.45, 2.75) is 39.7 Å². The van der Waals surface area contributed by atoms with E-state index in [2.05, 4.69) is 0 Å². The van der Waals surface area contributed by atoms with Crippen molar-refractivity contribution in [2.75, 3.05) is 6.61 Å². The molecule has 2 atom stereocenters. The lowest BCUT2D eigenvalue weighted by Gasteiger charge is -2.22. The third-order valence-electron chi connectivity index (χ3n) is 3.06. The molecule has 1 aromatic rings. The summed E-state index contributed by atoms with van der Waals surface area (Å²) in [6.45, 7) is 5.82. The minimum atomic E-state index is -0.498. The zero-order chi connectivity index (χ0) is 15.0. The molecule has 0 fully saturated rings. The molecule has 2 unspecified atom stereocenters. The highest BCUT2D eigenvalue weighted by molar-refractivity contribution is 5.89. The van der Waals surface area contributed by atoms with Gasteiger partial charge in [0, 0.05) is 0 Å². The monoisotopic (exact) mass is 278 g/mol. The Hall–Kier alpha value is -1.84. The molecule has 0 aliphatic heterocycles. The maximum absolute atomic E-state index is 12.0. The van der Waals surface area contributed by atoms with Crippen LogP contribution in [-0.2, 0) is 14.3 Å². The molecule has 1 rings (SSSR count). The first kappa shape index (κ1) is 16.2. The van der Waals surface area contributed by atoms with E-state index in [1.165, 1.54) is 0 Å². The highest BCUT2D eigenvalue weighted by atomic mass is 16.6. The summed E-state index contributed by atoms with van der Waals surface area (Å²) in [6, 6.07) is 8.76. The van der Waals surface area contributed by atoms with Crippen LogP contribution in [0, 0.1) is 5.92 Å². The van der Waals surface area contributed by atoms with Crippen molar-refractivity contribution in [1.29, 1.82) is 0 Å². The van der Waals surface area contributed by atoms with E-state index in [-0.39, 0.29) is 5.97 Å². The number of hydrogen-bond donors (Lipinski definition) is 0. The fraction of sp³-hybridized carbons (Fsp3) is 0.500. The number of carbonyl (C=O) groups excluding carboxylic acids is 2. The maximum Gasteiger partial charge on any atom is 0.338 e. The van der Waals surface area contributed by atoms with Gasteiger partial charge in [-0.05, 0) is 32.4 Å². The van der Waals surface area contributed by atoms with Gasteiger partial charge in [0.05, 0.1) is 18.1 Å². The predicted octanol–water partition coefficient (Wildman–Crippen LogP) is 3.21. The van der Waals surface area contributed by atoms with Crippen LogP contribution in [0.15, 0.2) is 30.3 Å². The van der Waals surface area contributed by atoms with Crippen LogP contribution in [-0.4, -0.2) is 24.6 Å². The molecule has 4 heteroatoms. The largest absolute Gasteiger partial charge is 0.466 e. The van der Waals surface area contributed by atoms with Gasteiger partial charge in [0.2, 0.25) is 0 Å². The minimum absolute atomic E-state index is 0.303. The molecule has 0 saturated heterocycles. The number of benzene rings is 1. The van der Waals surface area contributed by atoms with Crippen LogP contribution in [0.3, 0.4) is 0 Å². The standard InChI is InChI=1S/C16H22O4/c1-4-9-14(16(18)19-5-2)12(3)20-15(17)13-10-7-6-8-11-13/h6-8,10-12,14H,4-5,9H2,1-3H3. The fourth-order valence-electron chi connectivity index (χ4n) is 2.00. The number of rotatable bonds is 7. The molecule has 0 N–H and O–H groups in total. The van der Waals surface area contributed by atoms with E-state index >= 15 is 0 Å². The van der Waals surface area contributed by atoms with E-state index < -0.39 is 18.0 Å². The molecule has 4 nitrogen and oxygen atoms in total. The zero-order valence-electron chi connectivity index (χ0n) is 12.3. The highest BCUT2D eigenvalue weighted by Gasteiger charge is 2.28. The zero-order valence-corrected chi connectivity index (χ0v) is 12.3. The van der Waals surface area contributed by atoms with Crippen LogP contribution in [0.5, 0.6) is 0 Å². The minimum Gasteiger partial charge on any atom is -0.466 e. The summed E-state index contributed by atoms with van der Waals surface area (Å²) < 4.78 is 10.4. The molecule has 0 heterocycles. The molecular weight excluding hydrogens is 256 g/mol. The lowest BCUT2D eigenvalue weighted by molar-refractivity contribution is -0.152. The van der Waals surface area contributed by atoms with Gasteiger partial charge in [-0.2, -0.15) is 0 Å². The molecule has 0 radical (unpaired) electrons. The average Bonchev–Trinajstić information content (AvgIpc) is 2.45. The summed E-state index contributed by atoms with van der Waals surface area (Å²) >= 11 is 0. The molecule has 0 aromatic heterocycles. The summed E-state index contributed by atoms with van der Waals surface area (Å²) in [6.07, 6.45) is 0.973. The highest BCUT2D eigenvalue weighted by Crippen LogP contribution is 2.18. The lowest BCUT2D eigenvalue weighted by Crippen LogP contribution is -2.31. The number of hydrogen-bond acceptors (Lipinski definition) is 4. The van der Waals surface area contributed by atoms with Crippen molar-refractivity contribution in [2.24, 2.45) is 5.92 Å². The van der Waals surface area contributed by atoms with Gasteiger partial charge < -0.3 is 9.47 Å². The number of ether oxygens (including phenoxy) is 2.